The van der Waals surface area contributed by atoms with E-state index in [0.29, 0.717) is 0 Å². The lowest BCUT2D eigenvalue weighted by atomic mass is 10.2. The van der Waals surface area contributed by atoms with Crippen LogP contribution in [0.1, 0.15) is 34.1 Å². The smallest absolute Gasteiger partial charge is 0.108 e. The minimum Gasteiger partial charge on any atom is -0.304 e. The molecule has 0 radical (unpaired) electrons. The minimum absolute atomic E-state index is 0.0385. The van der Waals surface area contributed by atoms with E-state index < -0.39 is 0 Å². The summed E-state index contributed by atoms with van der Waals surface area (Å²) in [7, 11) is 0. The Morgan fingerprint density at radius 1 is 1.00 bits per heavy atom. The Bertz CT molecular complexity index is 220. The highest BCUT2D eigenvalue weighted by atomic mass is 15.2. The van der Waals surface area contributed by atoms with Gasteiger partial charge in [-0.15, -0.1) is 0 Å². The lowest BCUT2D eigenvalue weighted by molar-refractivity contribution is 0.235. The Kier molecular flexibility index (Phi) is 11.1. The molecule has 1 atom stereocenters. The van der Waals surface area contributed by atoms with E-state index >= 15 is 0 Å². The summed E-state index contributed by atoms with van der Waals surface area (Å²) in [6.45, 7) is 15.8. The average Bonchev–Trinajstić information content (AvgIpc) is 2.41. The Balaban J connectivity index is 3.92. The highest BCUT2D eigenvalue weighted by Gasteiger charge is 2.11. The second kappa shape index (κ2) is 11.5. The summed E-state index contributed by atoms with van der Waals surface area (Å²) in [5.41, 5.74) is 0. The van der Waals surface area contributed by atoms with E-state index in [2.05, 4.69) is 42.0 Å². The van der Waals surface area contributed by atoms with E-state index in [9.17, 15) is 0 Å². The van der Waals surface area contributed by atoms with Gasteiger partial charge in [-0.3, -0.25) is 0 Å². The zero-order valence-corrected chi connectivity index (χ0v) is 12.6. The highest BCUT2D eigenvalue weighted by Crippen LogP contribution is 1.97. The van der Waals surface area contributed by atoms with Gasteiger partial charge in [0, 0.05) is 6.54 Å². The van der Waals surface area contributed by atoms with Gasteiger partial charge in [-0.05, 0) is 45.7 Å². The SMILES string of the molecule is CCNC(C#N)CN(CC)CCCN(CC)CC. The van der Waals surface area contributed by atoms with Gasteiger partial charge in [0.15, 0.2) is 0 Å². The molecule has 0 heterocycles. The molecule has 0 saturated heterocycles. The van der Waals surface area contributed by atoms with Crippen molar-refractivity contribution in [3.8, 4) is 6.07 Å². The first-order valence-electron chi connectivity index (χ1n) is 7.29. The molecule has 0 spiro atoms. The number of rotatable bonds is 11. The number of nitrogens with one attached hydrogen (secondary N) is 1. The van der Waals surface area contributed by atoms with Crippen LogP contribution in [0.2, 0.25) is 0 Å². The molecule has 0 fully saturated rings. The number of hydrogen-bond acceptors (Lipinski definition) is 4. The molecule has 4 heteroatoms. The van der Waals surface area contributed by atoms with Crippen LogP contribution in [0, 0.1) is 11.3 Å². The molecule has 0 aliphatic heterocycles. The Labute approximate surface area is 113 Å². The molecule has 0 bridgehead atoms. The third kappa shape index (κ3) is 7.65. The van der Waals surface area contributed by atoms with Crippen LogP contribution in [-0.4, -0.2) is 61.7 Å². The second-order valence-corrected chi connectivity index (χ2v) is 4.51. The highest BCUT2D eigenvalue weighted by molar-refractivity contribution is 4.91. The summed E-state index contributed by atoms with van der Waals surface area (Å²) in [6.07, 6.45) is 1.18. The standard InChI is InChI=1S/C14H30N4/c1-5-16-14(12-15)13-18(8-4)11-9-10-17(6-2)7-3/h14,16H,5-11,13H2,1-4H3. The van der Waals surface area contributed by atoms with Gasteiger partial charge in [0.25, 0.3) is 0 Å². The van der Waals surface area contributed by atoms with Gasteiger partial charge in [-0.1, -0.05) is 27.7 Å². The molecule has 18 heavy (non-hydrogen) atoms. The van der Waals surface area contributed by atoms with E-state index in [-0.39, 0.29) is 6.04 Å². The van der Waals surface area contributed by atoms with E-state index in [1.807, 2.05) is 6.92 Å². The molecule has 0 aromatic carbocycles. The second-order valence-electron chi connectivity index (χ2n) is 4.51. The zero-order chi connectivity index (χ0) is 13.8. The maximum Gasteiger partial charge on any atom is 0.108 e. The van der Waals surface area contributed by atoms with Gasteiger partial charge >= 0.3 is 0 Å². The van der Waals surface area contributed by atoms with E-state index in [1.54, 1.807) is 0 Å². The van der Waals surface area contributed by atoms with E-state index in [0.717, 1.165) is 45.8 Å². The van der Waals surface area contributed by atoms with E-state index in [4.69, 9.17) is 5.26 Å². The molecular formula is C14H30N4. The summed E-state index contributed by atoms with van der Waals surface area (Å²) in [5, 5.41) is 12.2. The molecular weight excluding hydrogens is 224 g/mol. The molecule has 0 aromatic heterocycles. The third-order valence-corrected chi connectivity index (χ3v) is 3.34. The first-order chi connectivity index (χ1) is 8.71. The first kappa shape index (κ1) is 17.4. The molecule has 4 nitrogen and oxygen atoms in total. The lowest BCUT2D eigenvalue weighted by Crippen LogP contribution is -2.41. The van der Waals surface area contributed by atoms with Crippen LogP contribution in [0.25, 0.3) is 0 Å². The summed E-state index contributed by atoms with van der Waals surface area (Å²) in [4.78, 5) is 4.81. The van der Waals surface area contributed by atoms with Gasteiger partial charge < -0.3 is 15.1 Å². The van der Waals surface area contributed by atoms with Crippen LogP contribution < -0.4 is 5.32 Å². The maximum atomic E-state index is 9.04. The van der Waals surface area contributed by atoms with Crippen molar-refractivity contribution in [3.63, 3.8) is 0 Å². The number of hydrogen-bond donors (Lipinski definition) is 1. The van der Waals surface area contributed by atoms with Crippen molar-refractivity contribution in [1.82, 2.24) is 15.1 Å². The first-order valence-corrected chi connectivity index (χ1v) is 7.29. The molecule has 0 aliphatic rings. The van der Waals surface area contributed by atoms with Gasteiger partial charge in [0.1, 0.15) is 6.04 Å². The van der Waals surface area contributed by atoms with Crippen LogP contribution in [0.4, 0.5) is 0 Å². The predicted octanol–water partition coefficient (Wildman–Crippen LogP) is 1.54. The quantitative estimate of drug-likeness (QED) is 0.607. The fraction of sp³-hybridized carbons (Fsp3) is 0.929. The van der Waals surface area contributed by atoms with Crippen molar-refractivity contribution in [2.24, 2.45) is 0 Å². The van der Waals surface area contributed by atoms with Crippen molar-refractivity contribution in [1.29, 1.82) is 5.26 Å². The molecule has 0 amide bonds. The fourth-order valence-electron chi connectivity index (χ4n) is 2.09. The van der Waals surface area contributed by atoms with Crippen LogP contribution in [0.15, 0.2) is 0 Å². The topological polar surface area (TPSA) is 42.3 Å². The van der Waals surface area contributed by atoms with Gasteiger partial charge in [-0.25, -0.2) is 0 Å². The Hall–Kier alpha value is -0.630. The van der Waals surface area contributed by atoms with Crippen molar-refractivity contribution in [2.75, 3.05) is 45.8 Å². The summed E-state index contributed by atoms with van der Waals surface area (Å²) < 4.78 is 0. The lowest BCUT2D eigenvalue weighted by Gasteiger charge is -2.25. The summed E-state index contributed by atoms with van der Waals surface area (Å²) >= 11 is 0. The van der Waals surface area contributed by atoms with Crippen molar-refractivity contribution >= 4 is 0 Å². The Morgan fingerprint density at radius 3 is 2.00 bits per heavy atom. The summed E-state index contributed by atoms with van der Waals surface area (Å²) in [6, 6.07) is 2.29. The van der Waals surface area contributed by atoms with Crippen LogP contribution in [-0.2, 0) is 0 Å². The number of nitriles is 1. The van der Waals surface area contributed by atoms with Gasteiger partial charge in [0.05, 0.1) is 6.07 Å². The number of likely N-dealkylation sites (N-methyl/N-ethyl adjacent to an activating group) is 2. The van der Waals surface area contributed by atoms with Crippen molar-refractivity contribution < 1.29 is 0 Å². The van der Waals surface area contributed by atoms with Crippen molar-refractivity contribution in [3.05, 3.63) is 0 Å². The minimum atomic E-state index is -0.0385. The van der Waals surface area contributed by atoms with Gasteiger partial charge in [-0.2, -0.15) is 5.26 Å². The number of nitrogens with zero attached hydrogens (tertiary/aromatic N) is 3. The molecule has 1 unspecified atom stereocenters. The monoisotopic (exact) mass is 254 g/mol. The van der Waals surface area contributed by atoms with Crippen LogP contribution in [0.3, 0.4) is 0 Å². The maximum absolute atomic E-state index is 9.04. The molecule has 0 aliphatic carbocycles. The molecule has 106 valence electrons. The molecule has 0 rings (SSSR count). The van der Waals surface area contributed by atoms with E-state index in [1.165, 1.54) is 6.42 Å². The average molecular weight is 254 g/mol. The largest absolute Gasteiger partial charge is 0.304 e. The Morgan fingerprint density at radius 2 is 1.56 bits per heavy atom. The normalized spacial score (nSPS) is 12.9. The van der Waals surface area contributed by atoms with Crippen LogP contribution in [0.5, 0.6) is 0 Å². The summed E-state index contributed by atoms with van der Waals surface area (Å²) in [5.74, 6) is 0. The zero-order valence-electron chi connectivity index (χ0n) is 12.6. The molecule has 0 aromatic rings. The fourth-order valence-corrected chi connectivity index (χ4v) is 2.09. The third-order valence-electron chi connectivity index (χ3n) is 3.34. The predicted molar refractivity (Wildman–Crippen MR) is 77.6 cm³/mol. The molecule has 0 saturated carbocycles. The van der Waals surface area contributed by atoms with Gasteiger partial charge in [0.2, 0.25) is 0 Å². The molecule has 1 N–H and O–H groups in total. The van der Waals surface area contributed by atoms with Crippen LogP contribution >= 0.6 is 0 Å². The van der Waals surface area contributed by atoms with Crippen molar-refractivity contribution in [2.45, 2.75) is 40.2 Å².